The molecule has 27 heavy (non-hydrogen) atoms. The molecule has 3 heteroatoms. The Balaban J connectivity index is 1.68. The molecule has 3 nitrogen and oxygen atoms in total. The zero-order valence-corrected chi connectivity index (χ0v) is 16.2. The van der Waals surface area contributed by atoms with Gasteiger partial charge in [0.1, 0.15) is 0 Å². The molecule has 138 valence electrons. The molecule has 1 saturated heterocycles. The van der Waals surface area contributed by atoms with Gasteiger partial charge in [0, 0.05) is 36.1 Å². The summed E-state index contributed by atoms with van der Waals surface area (Å²) < 4.78 is 0. The van der Waals surface area contributed by atoms with E-state index in [1.165, 1.54) is 33.2 Å². The van der Waals surface area contributed by atoms with Gasteiger partial charge in [-0.2, -0.15) is 5.26 Å². The first-order valence-corrected chi connectivity index (χ1v) is 9.89. The SMILES string of the molecule is Cc1cc(C)c2[nH]ccc2c1CN1CC[C@@H](CC#N)C[C@H]1c1ccccc1. The molecule has 2 aromatic carbocycles. The summed E-state index contributed by atoms with van der Waals surface area (Å²) in [6, 6.07) is 18.1. The fourth-order valence-corrected chi connectivity index (χ4v) is 4.67. The Labute approximate surface area is 161 Å². The fourth-order valence-electron chi connectivity index (χ4n) is 4.67. The third kappa shape index (κ3) is 3.50. The third-order valence-corrected chi connectivity index (χ3v) is 6.12. The number of aromatic nitrogens is 1. The van der Waals surface area contributed by atoms with Gasteiger partial charge in [0.2, 0.25) is 0 Å². The van der Waals surface area contributed by atoms with E-state index in [4.69, 9.17) is 5.26 Å². The van der Waals surface area contributed by atoms with Gasteiger partial charge in [-0.1, -0.05) is 36.4 Å². The lowest BCUT2D eigenvalue weighted by atomic mass is 9.85. The van der Waals surface area contributed by atoms with Crippen molar-refractivity contribution < 1.29 is 0 Å². The van der Waals surface area contributed by atoms with Crippen LogP contribution in [-0.2, 0) is 6.54 Å². The summed E-state index contributed by atoms with van der Waals surface area (Å²) >= 11 is 0. The Morgan fingerprint density at radius 1 is 1.15 bits per heavy atom. The maximum atomic E-state index is 9.17. The van der Waals surface area contributed by atoms with Gasteiger partial charge in [-0.05, 0) is 67.5 Å². The number of benzene rings is 2. The van der Waals surface area contributed by atoms with Crippen LogP contribution in [0.1, 0.15) is 47.6 Å². The van der Waals surface area contributed by atoms with E-state index in [1.54, 1.807) is 0 Å². The lowest BCUT2D eigenvalue weighted by Gasteiger charge is -2.40. The number of rotatable bonds is 4. The number of aromatic amines is 1. The molecule has 1 N–H and O–H groups in total. The zero-order valence-electron chi connectivity index (χ0n) is 16.2. The first-order chi connectivity index (χ1) is 13.2. The Morgan fingerprint density at radius 2 is 1.96 bits per heavy atom. The van der Waals surface area contributed by atoms with Gasteiger partial charge in [0.25, 0.3) is 0 Å². The largest absolute Gasteiger partial charge is 0.361 e. The molecule has 1 aliphatic heterocycles. The first-order valence-electron chi connectivity index (χ1n) is 9.89. The van der Waals surface area contributed by atoms with Crippen LogP contribution in [0.3, 0.4) is 0 Å². The Bertz CT molecular complexity index is 964. The number of fused-ring (bicyclic) bond motifs is 1. The van der Waals surface area contributed by atoms with Crippen molar-refractivity contribution in [3.63, 3.8) is 0 Å². The molecule has 1 fully saturated rings. The second-order valence-electron chi connectivity index (χ2n) is 7.90. The van der Waals surface area contributed by atoms with Gasteiger partial charge >= 0.3 is 0 Å². The van der Waals surface area contributed by atoms with Gasteiger partial charge in [0.05, 0.1) is 6.07 Å². The van der Waals surface area contributed by atoms with E-state index in [9.17, 15) is 0 Å². The zero-order chi connectivity index (χ0) is 18.8. The average molecular weight is 358 g/mol. The van der Waals surface area contributed by atoms with Crippen LogP contribution in [0.5, 0.6) is 0 Å². The standard InChI is InChI=1S/C24H27N3/c1-17-14-18(2)24-21(9-12-26-24)22(17)16-27-13-10-19(8-11-25)15-23(27)20-6-4-3-5-7-20/h3-7,9,12,14,19,23,26H,8,10,13,15-16H2,1-2H3/t19-,23+/m1/s1. The van der Waals surface area contributed by atoms with Crippen LogP contribution >= 0.6 is 0 Å². The number of nitriles is 1. The molecule has 1 aliphatic rings. The van der Waals surface area contributed by atoms with Crippen molar-refractivity contribution in [3.05, 3.63) is 70.9 Å². The van der Waals surface area contributed by atoms with Crippen molar-refractivity contribution in [2.75, 3.05) is 6.54 Å². The van der Waals surface area contributed by atoms with E-state index >= 15 is 0 Å². The molecule has 0 spiro atoms. The summed E-state index contributed by atoms with van der Waals surface area (Å²) in [7, 11) is 0. The van der Waals surface area contributed by atoms with Crippen LogP contribution in [0.2, 0.25) is 0 Å². The smallest absolute Gasteiger partial charge is 0.0624 e. The Kier molecular flexibility index (Phi) is 5.01. The number of hydrogen-bond acceptors (Lipinski definition) is 2. The summed E-state index contributed by atoms with van der Waals surface area (Å²) in [5, 5.41) is 10.5. The van der Waals surface area contributed by atoms with Crippen LogP contribution in [-0.4, -0.2) is 16.4 Å². The molecule has 0 radical (unpaired) electrons. The Hall–Kier alpha value is -2.57. The highest BCUT2D eigenvalue weighted by atomic mass is 15.2. The number of nitrogens with zero attached hydrogens (tertiary/aromatic N) is 2. The van der Waals surface area contributed by atoms with E-state index in [2.05, 4.69) is 78.5 Å². The normalized spacial score (nSPS) is 20.6. The van der Waals surface area contributed by atoms with Crippen molar-refractivity contribution in [1.29, 1.82) is 5.26 Å². The van der Waals surface area contributed by atoms with E-state index in [-0.39, 0.29) is 0 Å². The second-order valence-corrected chi connectivity index (χ2v) is 7.90. The van der Waals surface area contributed by atoms with Gasteiger partial charge in [-0.3, -0.25) is 4.90 Å². The number of hydrogen-bond donors (Lipinski definition) is 1. The monoisotopic (exact) mass is 357 g/mol. The molecule has 0 saturated carbocycles. The topological polar surface area (TPSA) is 42.8 Å². The summed E-state index contributed by atoms with van der Waals surface area (Å²) in [6.45, 7) is 6.41. The molecule has 4 rings (SSSR count). The van der Waals surface area contributed by atoms with Crippen molar-refractivity contribution in [3.8, 4) is 6.07 Å². The molecular weight excluding hydrogens is 330 g/mol. The van der Waals surface area contributed by atoms with Gasteiger partial charge in [-0.15, -0.1) is 0 Å². The van der Waals surface area contributed by atoms with E-state index in [0.29, 0.717) is 18.4 Å². The maximum Gasteiger partial charge on any atom is 0.0624 e. The van der Waals surface area contributed by atoms with Gasteiger partial charge in [0.15, 0.2) is 0 Å². The average Bonchev–Trinajstić information content (AvgIpc) is 3.17. The quantitative estimate of drug-likeness (QED) is 0.655. The van der Waals surface area contributed by atoms with Gasteiger partial charge < -0.3 is 4.98 Å². The summed E-state index contributed by atoms with van der Waals surface area (Å²) in [6.07, 6.45) is 4.90. The number of aryl methyl sites for hydroxylation is 2. The minimum atomic E-state index is 0.382. The van der Waals surface area contributed by atoms with Crippen molar-refractivity contribution in [2.24, 2.45) is 5.92 Å². The predicted molar refractivity (Wildman–Crippen MR) is 110 cm³/mol. The number of piperidine rings is 1. The van der Waals surface area contributed by atoms with Crippen molar-refractivity contribution in [2.45, 2.75) is 45.7 Å². The lowest BCUT2D eigenvalue weighted by Crippen LogP contribution is -2.36. The van der Waals surface area contributed by atoms with Crippen LogP contribution in [0.4, 0.5) is 0 Å². The molecule has 2 heterocycles. The predicted octanol–water partition coefficient (Wildman–Crippen LogP) is 5.65. The van der Waals surface area contributed by atoms with E-state index in [0.717, 1.165) is 25.9 Å². The summed E-state index contributed by atoms with van der Waals surface area (Å²) in [5.41, 5.74) is 6.73. The van der Waals surface area contributed by atoms with Crippen molar-refractivity contribution >= 4 is 10.9 Å². The lowest BCUT2D eigenvalue weighted by molar-refractivity contribution is 0.106. The highest BCUT2D eigenvalue weighted by Gasteiger charge is 2.30. The van der Waals surface area contributed by atoms with E-state index < -0.39 is 0 Å². The minimum absolute atomic E-state index is 0.382. The van der Waals surface area contributed by atoms with E-state index in [1.807, 2.05) is 0 Å². The molecule has 2 atom stereocenters. The summed E-state index contributed by atoms with van der Waals surface area (Å²) in [4.78, 5) is 6.02. The molecule has 0 unspecified atom stereocenters. The Morgan fingerprint density at radius 3 is 2.74 bits per heavy atom. The highest BCUT2D eigenvalue weighted by molar-refractivity contribution is 5.86. The van der Waals surface area contributed by atoms with Crippen LogP contribution < -0.4 is 0 Å². The number of likely N-dealkylation sites (tertiary alicyclic amines) is 1. The second kappa shape index (κ2) is 7.58. The molecule has 1 aromatic heterocycles. The first kappa shape index (κ1) is 17.8. The molecule has 0 amide bonds. The molecule has 0 aliphatic carbocycles. The number of nitrogens with one attached hydrogen (secondary N) is 1. The molecular formula is C24H27N3. The van der Waals surface area contributed by atoms with Gasteiger partial charge in [-0.25, -0.2) is 0 Å². The molecule has 3 aromatic rings. The maximum absolute atomic E-state index is 9.17. The van der Waals surface area contributed by atoms with Crippen molar-refractivity contribution in [1.82, 2.24) is 9.88 Å². The third-order valence-electron chi connectivity index (χ3n) is 6.12. The highest BCUT2D eigenvalue weighted by Crippen LogP contribution is 2.38. The number of H-pyrrole nitrogens is 1. The molecule has 0 bridgehead atoms. The van der Waals surface area contributed by atoms with Crippen LogP contribution in [0.15, 0.2) is 48.7 Å². The fraction of sp³-hybridized carbons (Fsp3) is 0.375. The van der Waals surface area contributed by atoms with Crippen LogP contribution in [0, 0.1) is 31.1 Å². The van der Waals surface area contributed by atoms with Crippen LogP contribution in [0.25, 0.3) is 10.9 Å². The minimum Gasteiger partial charge on any atom is -0.361 e. The summed E-state index contributed by atoms with van der Waals surface area (Å²) in [5.74, 6) is 0.503.